The van der Waals surface area contributed by atoms with Crippen LogP contribution < -0.4 is 14.8 Å². The van der Waals surface area contributed by atoms with E-state index in [1.807, 2.05) is 50.4 Å². The van der Waals surface area contributed by atoms with Crippen molar-refractivity contribution in [1.29, 1.82) is 0 Å². The van der Waals surface area contributed by atoms with Gasteiger partial charge in [-0.3, -0.25) is 9.78 Å². The number of methoxy groups -OCH3 is 2. The van der Waals surface area contributed by atoms with Crippen LogP contribution >= 0.6 is 0 Å². The van der Waals surface area contributed by atoms with Crippen molar-refractivity contribution in [3.05, 3.63) is 89.8 Å². The summed E-state index contributed by atoms with van der Waals surface area (Å²) in [4.78, 5) is 16.5. The molecule has 1 N–H and O–H groups in total. The number of allylic oxidation sites excluding steroid dienone is 1. The largest absolute Gasteiger partial charge is 0.497 e. The van der Waals surface area contributed by atoms with Crippen LogP contribution in [-0.4, -0.2) is 25.1 Å². The van der Waals surface area contributed by atoms with Crippen LogP contribution in [0.1, 0.15) is 34.1 Å². The van der Waals surface area contributed by atoms with Gasteiger partial charge in [0.15, 0.2) is 0 Å². The lowest BCUT2D eigenvalue weighted by molar-refractivity contribution is 0.102. The number of hydrogen-bond acceptors (Lipinski definition) is 4. The number of aromatic nitrogens is 1. The van der Waals surface area contributed by atoms with Crippen molar-refractivity contribution in [2.75, 3.05) is 19.5 Å². The molecule has 156 valence electrons. The van der Waals surface area contributed by atoms with Crippen LogP contribution in [0.15, 0.2) is 67.4 Å². The normalized spacial score (nSPS) is 9.77. The van der Waals surface area contributed by atoms with Crippen LogP contribution in [0, 0.1) is 13.8 Å². The second-order valence-electron chi connectivity index (χ2n) is 6.82. The van der Waals surface area contributed by atoms with Gasteiger partial charge < -0.3 is 14.8 Å². The molecule has 0 unspecified atom stereocenters. The number of carbonyl (C=O) groups is 1. The number of anilines is 1. The molecule has 5 heteroatoms. The number of nitrogens with one attached hydrogen (secondary N) is 1. The Morgan fingerprint density at radius 3 is 2.10 bits per heavy atom. The fraction of sp³-hybridized carbons (Fsp3) is 0.200. The first-order valence-corrected chi connectivity index (χ1v) is 9.52. The number of ether oxygens (including phenoxy) is 2. The first-order chi connectivity index (χ1) is 14.3. The van der Waals surface area contributed by atoms with Crippen LogP contribution in [0.25, 0.3) is 5.57 Å². The number of amides is 1. The van der Waals surface area contributed by atoms with E-state index in [1.165, 1.54) is 5.56 Å². The Hall–Kier alpha value is -3.60. The molecule has 0 spiro atoms. The fourth-order valence-electron chi connectivity index (χ4n) is 2.57. The number of pyridine rings is 1. The van der Waals surface area contributed by atoms with Gasteiger partial charge in [0.25, 0.3) is 5.91 Å². The van der Waals surface area contributed by atoms with Crippen molar-refractivity contribution in [3.8, 4) is 11.5 Å². The molecule has 3 aromatic rings. The van der Waals surface area contributed by atoms with Gasteiger partial charge in [-0.1, -0.05) is 30.4 Å². The summed E-state index contributed by atoms with van der Waals surface area (Å²) in [6, 6.07) is 16.6. The van der Waals surface area contributed by atoms with Crippen molar-refractivity contribution in [1.82, 2.24) is 4.98 Å². The molecule has 30 heavy (non-hydrogen) atoms. The van der Waals surface area contributed by atoms with Crippen molar-refractivity contribution < 1.29 is 14.3 Å². The maximum Gasteiger partial charge on any atom is 0.255 e. The van der Waals surface area contributed by atoms with Gasteiger partial charge in [-0.15, -0.1) is 0 Å². The summed E-state index contributed by atoms with van der Waals surface area (Å²) in [5, 5.41) is 2.86. The molecule has 0 atom stereocenters. The van der Waals surface area contributed by atoms with Gasteiger partial charge in [0.2, 0.25) is 0 Å². The van der Waals surface area contributed by atoms with E-state index < -0.39 is 0 Å². The molecule has 0 saturated heterocycles. The van der Waals surface area contributed by atoms with Gasteiger partial charge in [0.1, 0.15) is 11.5 Å². The molecule has 0 saturated carbocycles. The summed E-state index contributed by atoms with van der Waals surface area (Å²) in [5.74, 6) is 0.913. The molecular formula is C25H28N2O3. The van der Waals surface area contributed by atoms with E-state index in [9.17, 15) is 4.79 Å². The lowest BCUT2D eigenvalue weighted by atomic mass is 10.1. The van der Waals surface area contributed by atoms with Gasteiger partial charge in [-0.25, -0.2) is 0 Å². The standard InChI is InChI=1S/C18H19NO3.C7H9N/c1-12(2)13-6-5-7-15(8-13)19-18(20)14-9-16(21-3)11-17(10-14)22-4;1-6-4-3-5-8-7(6)2/h5-11H,1H2,2-4H3,(H,19,20);3-5H,1-2H3. The highest BCUT2D eigenvalue weighted by Gasteiger charge is 2.10. The molecule has 1 heterocycles. The van der Waals surface area contributed by atoms with Crippen molar-refractivity contribution in [2.24, 2.45) is 0 Å². The molecule has 0 radical (unpaired) electrons. The highest BCUT2D eigenvalue weighted by atomic mass is 16.5. The average molecular weight is 405 g/mol. The molecule has 0 aliphatic carbocycles. The number of carbonyl (C=O) groups excluding carboxylic acids is 1. The molecule has 0 fully saturated rings. The van der Waals surface area contributed by atoms with Crippen molar-refractivity contribution in [3.63, 3.8) is 0 Å². The molecule has 3 rings (SSSR count). The van der Waals surface area contributed by atoms with E-state index in [0.717, 1.165) is 16.8 Å². The van der Waals surface area contributed by atoms with Gasteiger partial charge in [-0.2, -0.15) is 0 Å². The average Bonchev–Trinajstić information content (AvgIpc) is 2.76. The number of rotatable bonds is 5. The number of nitrogens with zero attached hydrogens (tertiary/aromatic N) is 1. The topological polar surface area (TPSA) is 60.5 Å². The van der Waals surface area contributed by atoms with E-state index in [1.54, 1.807) is 32.4 Å². The second kappa shape index (κ2) is 10.8. The highest BCUT2D eigenvalue weighted by molar-refractivity contribution is 6.05. The Bertz CT molecular complexity index is 985. The Morgan fingerprint density at radius 1 is 0.933 bits per heavy atom. The first-order valence-electron chi connectivity index (χ1n) is 9.52. The SMILES string of the molecule is C=C(C)c1cccc(NC(=O)c2cc(OC)cc(OC)c2)c1.Cc1cccnc1C. The Labute approximate surface area is 178 Å². The quantitative estimate of drug-likeness (QED) is 0.594. The predicted octanol–water partition coefficient (Wildman–Crippen LogP) is 5.69. The monoisotopic (exact) mass is 404 g/mol. The zero-order valence-corrected chi connectivity index (χ0v) is 18.2. The van der Waals surface area contributed by atoms with Gasteiger partial charge in [0.05, 0.1) is 14.2 Å². The summed E-state index contributed by atoms with van der Waals surface area (Å²) in [6.45, 7) is 9.89. The molecular weight excluding hydrogens is 376 g/mol. The maximum absolute atomic E-state index is 12.4. The smallest absolute Gasteiger partial charge is 0.255 e. The zero-order chi connectivity index (χ0) is 22.1. The fourth-order valence-corrected chi connectivity index (χ4v) is 2.57. The summed E-state index contributed by atoms with van der Waals surface area (Å²) >= 11 is 0. The minimum atomic E-state index is -0.226. The summed E-state index contributed by atoms with van der Waals surface area (Å²) in [6.07, 6.45) is 1.81. The molecule has 1 aromatic heterocycles. The first kappa shape index (κ1) is 22.7. The second-order valence-corrected chi connectivity index (χ2v) is 6.82. The molecule has 1 amide bonds. The van der Waals surface area contributed by atoms with Gasteiger partial charge in [-0.05, 0) is 62.2 Å². The summed E-state index contributed by atoms with van der Waals surface area (Å²) in [7, 11) is 3.10. The van der Waals surface area contributed by atoms with Crippen LogP contribution in [0.4, 0.5) is 5.69 Å². The van der Waals surface area contributed by atoms with E-state index in [2.05, 4.69) is 29.9 Å². The maximum atomic E-state index is 12.4. The minimum absolute atomic E-state index is 0.226. The third-order valence-electron chi connectivity index (χ3n) is 4.50. The molecule has 0 aliphatic heterocycles. The van der Waals surface area contributed by atoms with E-state index in [-0.39, 0.29) is 5.91 Å². The zero-order valence-electron chi connectivity index (χ0n) is 18.2. The summed E-state index contributed by atoms with van der Waals surface area (Å²) < 4.78 is 10.4. The van der Waals surface area contributed by atoms with E-state index in [4.69, 9.17) is 9.47 Å². The third-order valence-corrected chi connectivity index (χ3v) is 4.50. The van der Waals surface area contributed by atoms with Crippen molar-refractivity contribution >= 4 is 17.2 Å². The lowest BCUT2D eigenvalue weighted by Gasteiger charge is -2.10. The van der Waals surface area contributed by atoms with Gasteiger partial charge >= 0.3 is 0 Å². The molecule has 2 aromatic carbocycles. The van der Waals surface area contributed by atoms with Crippen LogP contribution in [-0.2, 0) is 0 Å². The molecule has 5 nitrogen and oxygen atoms in total. The van der Waals surface area contributed by atoms with Gasteiger partial charge in [0, 0.05) is 29.2 Å². The van der Waals surface area contributed by atoms with Crippen LogP contribution in [0.3, 0.4) is 0 Å². The van der Waals surface area contributed by atoms with Crippen LogP contribution in [0.5, 0.6) is 11.5 Å². The lowest BCUT2D eigenvalue weighted by Crippen LogP contribution is -2.12. The number of hydrogen-bond donors (Lipinski definition) is 1. The molecule has 0 bridgehead atoms. The van der Waals surface area contributed by atoms with Crippen molar-refractivity contribution in [2.45, 2.75) is 20.8 Å². The van der Waals surface area contributed by atoms with E-state index in [0.29, 0.717) is 22.7 Å². The highest BCUT2D eigenvalue weighted by Crippen LogP contribution is 2.24. The minimum Gasteiger partial charge on any atom is -0.497 e. The van der Waals surface area contributed by atoms with E-state index >= 15 is 0 Å². The Balaban J connectivity index is 0.000000335. The van der Waals surface area contributed by atoms with Crippen LogP contribution in [0.2, 0.25) is 0 Å². The Morgan fingerprint density at radius 2 is 1.60 bits per heavy atom. The third kappa shape index (κ3) is 6.48. The molecule has 0 aliphatic rings. The predicted molar refractivity (Wildman–Crippen MR) is 122 cm³/mol. The summed E-state index contributed by atoms with van der Waals surface area (Å²) in [5.41, 5.74) is 5.49. The number of benzene rings is 2. The number of aryl methyl sites for hydroxylation is 2. The Kier molecular flexibility index (Phi) is 8.18.